The molecule has 2 heterocycles. The zero-order chi connectivity index (χ0) is 8.39. The average molecular weight is 189 g/mol. The Morgan fingerprint density at radius 3 is 2.67 bits per heavy atom. The molecule has 0 amide bonds. The van der Waals surface area contributed by atoms with Gasteiger partial charge in [0, 0.05) is 19.1 Å². The highest BCUT2D eigenvalue weighted by Gasteiger charge is 2.20. The summed E-state index contributed by atoms with van der Waals surface area (Å²) < 4.78 is 9.89. The van der Waals surface area contributed by atoms with E-state index < -0.39 is 0 Å². The van der Waals surface area contributed by atoms with Crippen LogP contribution in [-0.2, 0) is 4.74 Å². The smallest absolute Gasteiger partial charge is 0.320 e. The molecule has 0 bridgehead atoms. The van der Waals surface area contributed by atoms with E-state index in [1.165, 1.54) is 0 Å². The molecule has 1 aliphatic rings. The molecular formula is C7H9ClN2O2. The van der Waals surface area contributed by atoms with Gasteiger partial charge in [-0.3, -0.25) is 0 Å². The van der Waals surface area contributed by atoms with Gasteiger partial charge in [-0.05, 0) is 24.4 Å². The van der Waals surface area contributed by atoms with Crippen LogP contribution in [0.4, 0.5) is 0 Å². The Kier molecular flexibility index (Phi) is 2.28. The van der Waals surface area contributed by atoms with Crippen LogP contribution < -0.4 is 0 Å². The Morgan fingerprint density at radius 1 is 1.33 bits per heavy atom. The van der Waals surface area contributed by atoms with Gasteiger partial charge >= 0.3 is 5.35 Å². The summed E-state index contributed by atoms with van der Waals surface area (Å²) in [5.41, 5.74) is 0. The summed E-state index contributed by atoms with van der Waals surface area (Å²) in [6.07, 6.45) is 1.91. The van der Waals surface area contributed by atoms with E-state index in [9.17, 15) is 0 Å². The molecule has 1 saturated heterocycles. The van der Waals surface area contributed by atoms with E-state index in [-0.39, 0.29) is 5.35 Å². The van der Waals surface area contributed by atoms with Crippen molar-refractivity contribution in [3.8, 4) is 0 Å². The molecule has 1 aliphatic heterocycles. The quantitative estimate of drug-likeness (QED) is 0.672. The molecule has 1 aromatic rings. The number of hydrogen-bond acceptors (Lipinski definition) is 4. The number of hydrogen-bond donors (Lipinski definition) is 0. The van der Waals surface area contributed by atoms with Gasteiger partial charge in [0.1, 0.15) is 0 Å². The highest BCUT2D eigenvalue weighted by molar-refractivity contribution is 6.27. The maximum atomic E-state index is 5.51. The maximum absolute atomic E-state index is 5.51. The van der Waals surface area contributed by atoms with Crippen molar-refractivity contribution in [1.82, 2.24) is 10.1 Å². The predicted molar refractivity (Wildman–Crippen MR) is 42.1 cm³/mol. The van der Waals surface area contributed by atoms with E-state index in [2.05, 4.69) is 14.7 Å². The van der Waals surface area contributed by atoms with Gasteiger partial charge in [-0.15, -0.1) is 0 Å². The Balaban J connectivity index is 2.08. The lowest BCUT2D eigenvalue weighted by Gasteiger charge is -2.18. The fraction of sp³-hybridized carbons (Fsp3) is 0.714. The first-order chi connectivity index (χ1) is 5.86. The standard InChI is InChI=1S/C7H9ClN2O2/c8-7-9-6(10-12-7)5-1-3-11-4-2-5/h5H,1-4H2. The first-order valence-electron chi connectivity index (χ1n) is 3.93. The molecule has 0 N–H and O–H groups in total. The highest BCUT2D eigenvalue weighted by atomic mass is 35.5. The van der Waals surface area contributed by atoms with Gasteiger partial charge < -0.3 is 9.26 Å². The van der Waals surface area contributed by atoms with E-state index >= 15 is 0 Å². The van der Waals surface area contributed by atoms with Crippen LogP contribution in [0.1, 0.15) is 24.6 Å². The molecule has 0 aliphatic carbocycles. The van der Waals surface area contributed by atoms with Crippen molar-refractivity contribution in [1.29, 1.82) is 0 Å². The van der Waals surface area contributed by atoms with Gasteiger partial charge in [0.2, 0.25) is 0 Å². The minimum absolute atomic E-state index is 0.122. The van der Waals surface area contributed by atoms with Gasteiger partial charge in [0.25, 0.3) is 0 Å². The van der Waals surface area contributed by atoms with E-state index in [0.29, 0.717) is 11.7 Å². The third kappa shape index (κ3) is 1.59. The van der Waals surface area contributed by atoms with Crippen molar-refractivity contribution >= 4 is 11.6 Å². The molecule has 12 heavy (non-hydrogen) atoms. The summed E-state index contributed by atoms with van der Waals surface area (Å²) in [6, 6.07) is 0. The molecule has 0 spiro atoms. The minimum Gasteiger partial charge on any atom is -0.381 e. The van der Waals surface area contributed by atoms with Crippen molar-refractivity contribution < 1.29 is 9.26 Å². The molecule has 2 rings (SSSR count). The normalized spacial score (nSPS) is 19.8. The maximum Gasteiger partial charge on any atom is 0.320 e. The van der Waals surface area contributed by atoms with Gasteiger partial charge in [0.05, 0.1) is 0 Å². The summed E-state index contributed by atoms with van der Waals surface area (Å²) in [5.74, 6) is 1.07. The van der Waals surface area contributed by atoms with Crippen molar-refractivity contribution in [2.24, 2.45) is 0 Å². The van der Waals surface area contributed by atoms with Crippen LogP contribution >= 0.6 is 11.6 Å². The van der Waals surface area contributed by atoms with Crippen molar-refractivity contribution in [2.75, 3.05) is 13.2 Å². The molecule has 1 aromatic heterocycles. The van der Waals surface area contributed by atoms with Crippen LogP contribution in [0.5, 0.6) is 0 Å². The molecule has 5 heteroatoms. The van der Waals surface area contributed by atoms with Crippen LogP contribution in [0.2, 0.25) is 5.35 Å². The van der Waals surface area contributed by atoms with Crippen LogP contribution in [0, 0.1) is 0 Å². The second-order valence-electron chi connectivity index (χ2n) is 2.79. The molecule has 1 fully saturated rings. The first-order valence-corrected chi connectivity index (χ1v) is 4.31. The SMILES string of the molecule is Clc1nc(C2CCOCC2)no1. The lowest BCUT2D eigenvalue weighted by molar-refractivity contribution is 0.0830. The number of nitrogens with zero attached hydrogens (tertiary/aromatic N) is 2. The lowest BCUT2D eigenvalue weighted by Crippen LogP contribution is -2.15. The van der Waals surface area contributed by atoms with Crippen LogP contribution in [0.3, 0.4) is 0 Å². The number of rotatable bonds is 1. The zero-order valence-electron chi connectivity index (χ0n) is 6.49. The Bertz CT molecular complexity index is 258. The monoisotopic (exact) mass is 188 g/mol. The highest BCUT2D eigenvalue weighted by Crippen LogP contribution is 2.24. The molecular weight excluding hydrogens is 180 g/mol. The van der Waals surface area contributed by atoms with E-state index in [0.717, 1.165) is 26.1 Å². The van der Waals surface area contributed by atoms with Crippen LogP contribution in [0.25, 0.3) is 0 Å². The summed E-state index contributed by atoms with van der Waals surface area (Å²) in [5, 5.41) is 3.89. The molecule has 0 radical (unpaired) electrons. The second kappa shape index (κ2) is 3.41. The molecule has 66 valence electrons. The van der Waals surface area contributed by atoms with Gasteiger partial charge in [-0.25, -0.2) is 0 Å². The molecule has 0 saturated carbocycles. The Morgan fingerprint density at radius 2 is 2.08 bits per heavy atom. The summed E-state index contributed by atoms with van der Waals surface area (Å²) in [4.78, 5) is 3.97. The zero-order valence-corrected chi connectivity index (χ0v) is 7.25. The Hall–Kier alpha value is -0.610. The van der Waals surface area contributed by atoms with Gasteiger partial charge in [-0.1, -0.05) is 5.16 Å². The van der Waals surface area contributed by atoms with Crippen LogP contribution in [-0.4, -0.2) is 23.4 Å². The Labute approximate surface area is 74.9 Å². The van der Waals surface area contributed by atoms with Gasteiger partial charge in [-0.2, -0.15) is 4.98 Å². The third-order valence-corrected chi connectivity index (χ3v) is 2.16. The fourth-order valence-electron chi connectivity index (χ4n) is 1.34. The molecule has 0 atom stereocenters. The minimum atomic E-state index is 0.122. The average Bonchev–Trinajstić information content (AvgIpc) is 2.54. The largest absolute Gasteiger partial charge is 0.381 e. The number of aromatic nitrogens is 2. The van der Waals surface area contributed by atoms with E-state index in [4.69, 9.17) is 16.3 Å². The van der Waals surface area contributed by atoms with Crippen molar-refractivity contribution in [3.05, 3.63) is 11.2 Å². The topological polar surface area (TPSA) is 48.2 Å². The fourth-order valence-corrected chi connectivity index (χ4v) is 1.46. The van der Waals surface area contributed by atoms with Crippen LogP contribution in [0.15, 0.2) is 4.52 Å². The first kappa shape index (κ1) is 8.01. The molecule has 4 nitrogen and oxygen atoms in total. The predicted octanol–water partition coefficient (Wildman–Crippen LogP) is 1.62. The number of ether oxygens (including phenoxy) is 1. The number of halogens is 1. The van der Waals surface area contributed by atoms with E-state index in [1.54, 1.807) is 0 Å². The lowest BCUT2D eigenvalue weighted by atomic mass is 10.00. The molecule has 0 unspecified atom stereocenters. The van der Waals surface area contributed by atoms with Crippen molar-refractivity contribution in [3.63, 3.8) is 0 Å². The summed E-state index contributed by atoms with van der Waals surface area (Å²) in [6.45, 7) is 1.55. The van der Waals surface area contributed by atoms with Crippen molar-refractivity contribution in [2.45, 2.75) is 18.8 Å². The second-order valence-corrected chi connectivity index (χ2v) is 3.12. The summed E-state index contributed by atoms with van der Waals surface area (Å²) >= 11 is 5.51. The molecule has 0 aromatic carbocycles. The van der Waals surface area contributed by atoms with Gasteiger partial charge in [0.15, 0.2) is 5.82 Å². The van der Waals surface area contributed by atoms with E-state index in [1.807, 2.05) is 0 Å². The summed E-state index contributed by atoms with van der Waals surface area (Å²) in [7, 11) is 0. The third-order valence-electron chi connectivity index (χ3n) is 2.00.